The number of nitrogens with two attached hydrogens (primary N) is 1. The van der Waals surface area contributed by atoms with Gasteiger partial charge in [-0.1, -0.05) is 32.4 Å². The zero-order valence-electron chi connectivity index (χ0n) is 10.4. The van der Waals surface area contributed by atoms with Crippen molar-refractivity contribution in [1.82, 2.24) is 4.98 Å². The van der Waals surface area contributed by atoms with E-state index in [4.69, 9.17) is 4.98 Å². The maximum Gasteiger partial charge on any atom is 0.0938 e. The van der Waals surface area contributed by atoms with Crippen molar-refractivity contribution >= 4 is 34.4 Å². The molecule has 0 saturated heterocycles. The van der Waals surface area contributed by atoms with Crippen LogP contribution in [0.5, 0.6) is 0 Å². The molecule has 0 radical (unpaired) electrons. The third kappa shape index (κ3) is 3.69. The number of thiazole rings is 1. The highest BCUT2D eigenvalue weighted by Gasteiger charge is 2.06. The molecule has 0 aliphatic rings. The minimum Gasteiger partial charge on any atom is -0.281 e. The second kappa shape index (κ2) is 7.69. The Morgan fingerprint density at radius 1 is 1.18 bits per heavy atom. The van der Waals surface area contributed by atoms with Crippen molar-refractivity contribution < 1.29 is 0 Å². The van der Waals surface area contributed by atoms with E-state index in [1.165, 1.54) is 33.6 Å². The van der Waals surface area contributed by atoms with Gasteiger partial charge in [-0.3, -0.25) is 5.14 Å². The van der Waals surface area contributed by atoms with Gasteiger partial charge in [0.25, 0.3) is 0 Å². The fourth-order valence-corrected chi connectivity index (χ4v) is 2.96. The van der Waals surface area contributed by atoms with E-state index in [0.29, 0.717) is 0 Å². The third-order valence-corrected chi connectivity index (χ3v) is 3.61. The predicted octanol–water partition coefficient (Wildman–Crippen LogP) is 3.99. The summed E-state index contributed by atoms with van der Waals surface area (Å²) in [6.45, 7) is 4.43. The molecule has 2 rings (SSSR count). The van der Waals surface area contributed by atoms with Gasteiger partial charge in [0.15, 0.2) is 0 Å². The summed E-state index contributed by atoms with van der Waals surface area (Å²) >= 11 is 4.88. The monoisotopic (exact) mass is 268 g/mol. The zero-order chi connectivity index (χ0) is 12.7. The first kappa shape index (κ1) is 14.5. The minimum absolute atomic E-state index is 1.12. The molecule has 0 aliphatic carbocycles. The highest BCUT2D eigenvalue weighted by molar-refractivity contribution is 7.77. The van der Waals surface area contributed by atoms with Crippen molar-refractivity contribution in [1.29, 1.82) is 0 Å². The van der Waals surface area contributed by atoms with Gasteiger partial charge in [-0.05, 0) is 30.9 Å². The van der Waals surface area contributed by atoms with Crippen molar-refractivity contribution in [3.05, 3.63) is 28.8 Å². The molecule has 1 aromatic carbocycles. The van der Waals surface area contributed by atoms with Crippen LogP contribution < -0.4 is 5.14 Å². The maximum atomic E-state index is 4.74. The Hall–Kier alpha value is -0.580. The molecule has 17 heavy (non-hydrogen) atoms. The van der Waals surface area contributed by atoms with Crippen molar-refractivity contribution in [2.75, 3.05) is 0 Å². The summed E-state index contributed by atoms with van der Waals surface area (Å²) in [4.78, 5) is 4.74. The van der Waals surface area contributed by atoms with E-state index in [2.05, 4.69) is 50.0 Å². The van der Waals surface area contributed by atoms with E-state index in [-0.39, 0.29) is 0 Å². The molecule has 2 N–H and O–H groups in total. The smallest absolute Gasteiger partial charge is 0.0938 e. The number of thiol groups is 1. The Balaban J connectivity index is 0.000000686. The topological polar surface area (TPSA) is 38.9 Å². The van der Waals surface area contributed by atoms with E-state index in [1.54, 1.807) is 0 Å². The summed E-state index contributed by atoms with van der Waals surface area (Å²) in [5.41, 5.74) is 2.65. The first-order valence-corrected chi connectivity index (χ1v) is 7.31. The van der Waals surface area contributed by atoms with E-state index in [0.717, 1.165) is 12.8 Å². The number of nitrogens with zero attached hydrogens (tertiary/aromatic N) is 1. The average molecular weight is 268 g/mol. The SMILES string of the molecule is CCCc1nc2c(CCC)cccc2s1.NS. The largest absolute Gasteiger partial charge is 0.281 e. The fraction of sp³-hybridized carbons (Fsp3) is 0.462. The van der Waals surface area contributed by atoms with Crippen LogP contribution in [0.1, 0.15) is 37.3 Å². The molecule has 0 atom stereocenters. The number of aryl methyl sites for hydroxylation is 2. The second-order valence-corrected chi connectivity index (χ2v) is 4.99. The van der Waals surface area contributed by atoms with Crippen molar-refractivity contribution in [3.8, 4) is 0 Å². The molecule has 0 bridgehead atoms. The van der Waals surface area contributed by atoms with Gasteiger partial charge in [-0.25, -0.2) is 4.98 Å². The van der Waals surface area contributed by atoms with Gasteiger partial charge in [0.2, 0.25) is 0 Å². The van der Waals surface area contributed by atoms with Crippen LogP contribution in [0.4, 0.5) is 0 Å². The molecular formula is C13H20N2S2. The highest BCUT2D eigenvalue weighted by Crippen LogP contribution is 2.26. The Kier molecular flexibility index (Phi) is 6.55. The molecule has 0 unspecified atom stereocenters. The quantitative estimate of drug-likeness (QED) is 0.823. The van der Waals surface area contributed by atoms with Crippen LogP contribution in [0.2, 0.25) is 0 Å². The second-order valence-electron chi connectivity index (χ2n) is 3.87. The lowest BCUT2D eigenvalue weighted by Crippen LogP contribution is -1.86. The molecule has 4 heteroatoms. The molecule has 1 heterocycles. The third-order valence-electron chi connectivity index (χ3n) is 2.53. The van der Waals surface area contributed by atoms with Crippen LogP contribution in [0.25, 0.3) is 10.2 Å². The van der Waals surface area contributed by atoms with Gasteiger partial charge < -0.3 is 0 Å². The lowest BCUT2D eigenvalue weighted by Gasteiger charge is -1.98. The lowest BCUT2D eigenvalue weighted by atomic mass is 10.1. The lowest BCUT2D eigenvalue weighted by molar-refractivity contribution is 0.905. The number of aromatic nitrogens is 1. The summed E-state index contributed by atoms with van der Waals surface area (Å²) < 4.78 is 1.35. The summed E-state index contributed by atoms with van der Waals surface area (Å²) in [6, 6.07) is 6.55. The van der Waals surface area contributed by atoms with E-state index in [1.807, 2.05) is 11.3 Å². The molecule has 0 saturated carbocycles. The summed E-state index contributed by atoms with van der Waals surface area (Å²) in [7, 11) is 0. The molecule has 1 aromatic heterocycles. The molecule has 2 nitrogen and oxygen atoms in total. The number of benzene rings is 1. The predicted molar refractivity (Wildman–Crippen MR) is 80.8 cm³/mol. The molecule has 2 aromatic rings. The molecule has 0 spiro atoms. The van der Waals surface area contributed by atoms with Crippen LogP contribution in [-0.4, -0.2) is 4.98 Å². The Labute approximate surface area is 113 Å². The standard InChI is InChI=1S/C13H17NS.H3NS/c1-3-6-10-8-5-9-11-13(10)14-12(15-11)7-4-2;1-2/h5,8-9H,3-4,6-7H2,1-2H3;2H,1H2. The summed E-state index contributed by atoms with van der Waals surface area (Å²) in [6.07, 6.45) is 4.64. The summed E-state index contributed by atoms with van der Waals surface area (Å²) in [5, 5.41) is 5.48. The zero-order valence-corrected chi connectivity index (χ0v) is 12.2. The van der Waals surface area contributed by atoms with Crippen LogP contribution in [-0.2, 0) is 12.8 Å². The molecule has 0 fully saturated rings. The van der Waals surface area contributed by atoms with E-state index in [9.17, 15) is 0 Å². The number of rotatable bonds is 4. The van der Waals surface area contributed by atoms with Gasteiger partial charge in [0.1, 0.15) is 0 Å². The first-order valence-electron chi connectivity index (χ1n) is 5.98. The van der Waals surface area contributed by atoms with E-state index < -0.39 is 0 Å². The number of hydrogen-bond acceptors (Lipinski definition) is 4. The van der Waals surface area contributed by atoms with Gasteiger partial charge in [0, 0.05) is 0 Å². The molecule has 0 amide bonds. The van der Waals surface area contributed by atoms with Crippen molar-refractivity contribution in [2.45, 2.75) is 39.5 Å². The van der Waals surface area contributed by atoms with E-state index >= 15 is 0 Å². The Bertz CT molecular complexity index is 452. The summed E-state index contributed by atoms with van der Waals surface area (Å²) in [5.74, 6) is 0. The van der Waals surface area contributed by atoms with Crippen LogP contribution in [0.3, 0.4) is 0 Å². The first-order chi connectivity index (χ1) is 8.35. The number of para-hydroxylation sites is 1. The van der Waals surface area contributed by atoms with Crippen LogP contribution in [0.15, 0.2) is 18.2 Å². The number of fused-ring (bicyclic) bond motifs is 1. The molecule has 0 aliphatic heterocycles. The van der Waals surface area contributed by atoms with Crippen LogP contribution in [0, 0.1) is 0 Å². The molecular weight excluding hydrogens is 248 g/mol. The average Bonchev–Trinajstić information content (AvgIpc) is 2.76. The van der Waals surface area contributed by atoms with Gasteiger partial charge in [-0.2, -0.15) is 0 Å². The highest BCUT2D eigenvalue weighted by atomic mass is 32.1. The normalized spacial score (nSPS) is 10.1. The van der Waals surface area contributed by atoms with Gasteiger partial charge in [0.05, 0.1) is 15.2 Å². The van der Waals surface area contributed by atoms with Gasteiger partial charge in [-0.15, -0.1) is 24.2 Å². The van der Waals surface area contributed by atoms with Crippen molar-refractivity contribution in [2.24, 2.45) is 5.14 Å². The van der Waals surface area contributed by atoms with Crippen LogP contribution >= 0.6 is 24.2 Å². The molecule has 94 valence electrons. The maximum absolute atomic E-state index is 4.74. The van der Waals surface area contributed by atoms with Gasteiger partial charge >= 0.3 is 0 Å². The number of hydrogen-bond donors (Lipinski definition) is 2. The fourth-order valence-electron chi connectivity index (χ4n) is 1.84. The minimum atomic E-state index is 1.12. The van der Waals surface area contributed by atoms with Crippen molar-refractivity contribution in [3.63, 3.8) is 0 Å². The Morgan fingerprint density at radius 2 is 1.88 bits per heavy atom. The Morgan fingerprint density at radius 3 is 2.53 bits per heavy atom.